The van der Waals surface area contributed by atoms with Gasteiger partial charge in [0.1, 0.15) is 0 Å². The summed E-state index contributed by atoms with van der Waals surface area (Å²) in [6, 6.07) is 0. The van der Waals surface area contributed by atoms with Gasteiger partial charge < -0.3 is 0 Å². The van der Waals surface area contributed by atoms with E-state index in [0.29, 0.717) is 0 Å². The van der Waals surface area contributed by atoms with Crippen LogP contribution in [0, 0.1) is 0 Å². The van der Waals surface area contributed by atoms with Crippen LogP contribution in [0.4, 0.5) is 0 Å². The van der Waals surface area contributed by atoms with E-state index in [1.54, 1.807) is 12.2 Å². The van der Waals surface area contributed by atoms with Crippen molar-refractivity contribution in [3.05, 3.63) is 22.1 Å². The van der Waals surface area contributed by atoms with Crippen molar-refractivity contribution in [2.75, 3.05) is 0 Å². The van der Waals surface area contributed by atoms with Crippen molar-refractivity contribution in [2.24, 2.45) is 0 Å². The fourth-order valence-corrected chi connectivity index (χ4v) is 1.91. The minimum atomic E-state index is -3.06. The second kappa shape index (κ2) is 1.46. The summed E-state index contributed by atoms with van der Waals surface area (Å²) < 4.78 is 17.5. The van der Waals surface area contributed by atoms with Gasteiger partial charge in [-0.2, -0.15) is 0 Å². The molecule has 3 heteroatoms. The monoisotopic (exact) mass is 166 g/mol. The molecule has 0 radical (unpaired) electrons. The van der Waals surface area contributed by atoms with Gasteiger partial charge in [-0.25, -0.2) is 0 Å². The third kappa shape index (κ3) is 1.14. The van der Waals surface area contributed by atoms with Gasteiger partial charge >= 0.3 is 44.0 Å². The zero-order valence-corrected chi connectivity index (χ0v) is 5.33. The Morgan fingerprint density at radius 1 is 1.00 bits per heavy atom. The first-order valence-electron chi connectivity index (χ1n) is 1.84. The molecule has 1 aliphatic heterocycles. The summed E-state index contributed by atoms with van der Waals surface area (Å²) in [6.07, 6.45) is 3.31. The van der Waals surface area contributed by atoms with E-state index < -0.39 is 13.5 Å². The predicted octanol–water partition coefficient (Wildman–Crippen LogP) is -0.382. The molecule has 0 saturated heterocycles. The number of hydrogen-bond acceptors (Lipinski definition) is 2. The normalized spacial score (nSPS) is 28.3. The molecule has 40 valence electrons. The van der Waals surface area contributed by atoms with Crippen LogP contribution in [0.5, 0.6) is 0 Å². The van der Waals surface area contributed by atoms with Gasteiger partial charge in [0.25, 0.3) is 0 Å². The first-order chi connectivity index (χ1) is 3.21. The molecular weight excluding hydrogens is 159 g/mol. The zero-order valence-electron chi connectivity index (χ0n) is 3.61. The van der Waals surface area contributed by atoms with Crippen molar-refractivity contribution in [2.45, 2.75) is 0 Å². The minimum absolute atomic E-state index is 1.45. The van der Waals surface area contributed by atoms with E-state index in [1.807, 2.05) is 0 Å². The standard InChI is InChI=1S/C4H6O2Se/c5-7(6)3-1-2-4-7/h1-6H. The van der Waals surface area contributed by atoms with E-state index in [-0.39, 0.29) is 0 Å². The van der Waals surface area contributed by atoms with Crippen LogP contribution in [0.15, 0.2) is 22.1 Å². The molecule has 7 heavy (non-hydrogen) atoms. The predicted molar refractivity (Wildman–Crippen MR) is 28.5 cm³/mol. The first-order valence-corrected chi connectivity index (χ1v) is 5.35. The Labute approximate surface area is 44.7 Å². The quantitative estimate of drug-likeness (QED) is 0.480. The van der Waals surface area contributed by atoms with Crippen LogP contribution in [0.1, 0.15) is 0 Å². The fraction of sp³-hybridized carbons (Fsp3) is 0. The summed E-state index contributed by atoms with van der Waals surface area (Å²) in [5.41, 5.74) is 0. The van der Waals surface area contributed by atoms with Crippen LogP contribution in [0.2, 0.25) is 0 Å². The Morgan fingerprint density at radius 3 is 1.57 bits per heavy atom. The summed E-state index contributed by atoms with van der Waals surface area (Å²) >= 11 is -3.06. The molecule has 0 aromatic carbocycles. The summed E-state index contributed by atoms with van der Waals surface area (Å²) in [7, 11) is 0. The van der Waals surface area contributed by atoms with Crippen LogP contribution >= 0.6 is 0 Å². The molecule has 0 spiro atoms. The van der Waals surface area contributed by atoms with E-state index in [4.69, 9.17) is 8.38 Å². The first kappa shape index (κ1) is 5.06. The Kier molecular flexibility index (Phi) is 1.05. The van der Waals surface area contributed by atoms with Crippen molar-refractivity contribution in [3.63, 3.8) is 0 Å². The van der Waals surface area contributed by atoms with Crippen LogP contribution in [0.3, 0.4) is 0 Å². The number of allylic oxidation sites excluding steroid dienone is 2. The van der Waals surface area contributed by atoms with Gasteiger partial charge in [0, 0.05) is 0 Å². The van der Waals surface area contributed by atoms with Gasteiger partial charge in [-0.15, -0.1) is 0 Å². The maximum atomic E-state index is 8.73. The molecule has 2 N–H and O–H groups in total. The van der Waals surface area contributed by atoms with E-state index in [2.05, 4.69) is 0 Å². The van der Waals surface area contributed by atoms with Crippen molar-refractivity contribution in [1.29, 1.82) is 0 Å². The van der Waals surface area contributed by atoms with Gasteiger partial charge in [-0.1, -0.05) is 0 Å². The van der Waals surface area contributed by atoms with Gasteiger partial charge in [0.2, 0.25) is 0 Å². The van der Waals surface area contributed by atoms with Crippen molar-refractivity contribution in [1.82, 2.24) is 0 Å². The molecule has 0 fully saturated rings. The van der Waals surface area contributed by atoms with Crippen LogP contribution < -0.4 is 0 Å². The van der Waals surface area contributed by atoms with E-state index in [1.165, 1.54) is 9.95 Å². The molecule has 0 bridgehead atoms. The van der Waals surface area contributed by atoms with Gasteiger partial charge in [-0.05, 0) is 0 Å². The number of hydrogen-bond donors (Lipinski definition) is 2. The average molecular weight is 165 g/mol. The SMILES string of the molecule is O[Se]1(O)C=CC=C1. The van der Waals surface area contributed by atoms with Crippen LogP contribution in [-0.4, -0.2) is 21.9 Å². The molecule has 1 aliphatic rings. The van der Waals surface area contributed by atoms with E-state index in [0.717, 1.165) is 0 Å². The Hall–Kier alpha value is -0.0805. The van der Waals surface area contributed by atoms with Gasteiger partial charge in [0.05, 0.1) is 0 Å². The third-order valence-corrected chi connectivity index (χ3v) is 3.01. The van der Waals surface area contributed by atoms with Crippen molar-refractivity contribution in [3.8, 4) is 0 Å². The second-order valence-corrected chi connectivity index (χ2v) is 5.12. The van der Waals surface area contributed by atoms with E-state index in [9.17, 15) is 0 Å². The summed E-state index contributed by atoms with van der Waals surface area (Å²) in [6.45, 7) is 0. The van der Waals surface area contributed by atoms with Gasteiger partial charge in [0.15, 0.2) is 0 Å². The van der Waals surface area contributed by atoms with Crippen molar-refractivity contribution < 1.29 is 8.38 Å². The molecule has 0 aliphatic carbocycles. The Balaban J connectivity index is 2.77. The molecule has 1 heterocycles. The Morgan fingerprint density at radius 2 is 1.43 bits per heavy atom. The van der Waals surface area contributed by atoms with E-state index >= 15 is 0 Å². The zero-order chi connectivity index (χ0) is 5.33. The third-order valence-electron chi connectivity index (χ3n) is 0.669. The molecule has 0 aromatic heterocycles. The maximum absolute atomic E-state index is 8.73. The number of rotatable bonds is 0. The molecule has 1 rings (SSSR count). The molecule has 0 amide bonds. The molecule has 0 unspecified atom stereocenters. The summed E-state index contributed by atoms with van der Waals surface area (Å²) in [5, 5.41) is 0. The van der Waals surface area contributed by atoms with Gasteiger partial charge in [-0.3, -0.25) is 0 Å². The van der Waals surface area contributed by atoms with Crippen molar-refractivity contribution >= 4 is 13.5 Å². The fourth-order valence-electron chi connectivity index (χ4n) is 0.367. The molecule has 0 atom stereocenters. The molecule has 2 nitrogen and oxygen atoms in total. The second-order valence-electron chi connectivity index (χ2n) is 1.30. The average Bonchev–Trinajstić information content (AvgIpc) is 1.84. The molecule has 0 saturated carbocycles. The summed E-state index contributed by atoms with van der Waals surface area (Å²) in [5.74, 6) is 0. The Bertz CT molecular complexity index is 112. The van der Waals surface area contributed by atoms with Crippen LogP contribution in [0.25, 0.3) is 0 Å². The topological polar surface area (TPSA) is 40.5 Å². The molecular formula is C4H6O2Se. The summed E-state index contributed by atoms with van der Waals surface area (Å²) in [4.78, 5) is 2.91. The van der Waals surface area contributed by atoms with Crippen LogP contribution in [-0.2, 0) is 0 Å². The molecule has 0 aromatic rings.